The van der Waals surface area contributed by atoms with Gasteiger partial charge in [-0.1, -0.05) is 11.6 Å². The van der Waals surface area contributed by atoms with Gasteiger partial charge in [-0.3, -0.25) is 0 Å². The second kappa shape index (κ2) is 4.63. The van der Waals surface area contributed by atoms with Gasteiger partial charge in [0.2, 0.25) is 5.89 Å². The van der Waals surface area contributed by atoms with Crippen LogP contribution in [0.5, 0.6) is 0 Å². The first kappa shape index (κ1) is 11.7. The van der Waals surface area contributed by atoms with Crippen molar-refractivity contribution in [3.05, 3.63) is 34.6 Å². The van der Waals surface area contributed by atoms with E-state index in [-0.39, 0.29) is 0 Å². The molecule has 2 rings (SSSR count). The Balaban J connectivity index is 2.07. The van der Waals surface area contributed by atoms with Gasteiger partial charge >= 0.3 is 0 Å². The molecule has 0 aromatic carbocycles. The summed E-state index contributed by atoms with van der Waals surface area (Å²) in [6.07, 6.45) is 0. The van der Waals surface area contributed by atoms with Crippen LogP contribution in [0.3, 0.4) is 0 Å². The maximum atomic E-state index is 5.79. The molecule has 2 heterocycles. The standard InChI is InChI=1S/C11H13ClN4O/c1-6-7(2)17-11(15-6)5-14-10-4-8(13)3-9(12)16-10/h3-4H,5H2,1-2H3,(H3,13,14,16). The lowest BCUT2D eigenvalue weighted by Crippen LogP contribution is -2.02. The van der Waals surface area contributed by atoms with Crippen LogP contribution in [0.1, 0.15) is 17.3 Å². The zero-order valence-corrected chi connectivity index (χ0v) is 10.4. The Labute approximate surface area is 104 Å². The van der Waals surface area contributed by atoms with Crippen molar-refractivity contribution >= 4 is 23.1 Å². The number of halogens is 1. The Morgan fingerprint density at radius 2 is 2.12 bits per heavy atom. The maximum Gasteiger partial charge on any atom is 0.213 e. The number of nitrogens with one attached hydrogen (secondary N) is 1. The summed E-state index contributed by atoms with van der Waals surface area (Å²) in [6.45, 7) is 4.22. The molecule has 0 atom stereocenters. The lowest BCUT2D eigenvalue weighted by atomic mass is 10.4. The van der Waals surface area contributed by atoms with Crippen molar-refractivity contribution in [3.63, 3.8) is 0 Å². The number of oxazole rings is 1. The zero-order valence-electron chi connectivity index (χ0n) is 9.62. The van der Waals surface area contributed by atoms with Crippen molar-refractivity contribution in [2.45, 2.75) is 20.4 Å². The van der Waals surface area contributed by atoms with E-state index in [4.69, 9.17) is 21.8 Å². The maximum absolute atomic E-state index is 5.79. The molecule has 0 aliphatic heterocycles. The van der Waals surface area contributed by atoms with Gasteiger partial charge in [0.1, 0.15) is 16.7 Å². The molecule has 2 aromatic rings. The summed E-state index contributed by atoms with van der Waals surface area (Å²) < 4.78 is 5.43. The van der Waals surface area contributed by atoms with E-state index in [1.807, 2.05) is 13.8 Å². The number of pyridine rings is 1. The largest absolute Gasteiger partial charge is 0.444 e. The molecule has 6 heteroatoms. The highest BCUT2D eigenvalue weighted by Gasteiger charge is 2.06. The van der Waals surface area contributed by atoms with Crippen LogP contribution in [0.2, 0.25) is 5.15 Å². The quantitative estimate of drug-likeness (QED) is 0.821. The van der Waals surface area contributed by atoms with Crippen LogP contribution in [0.15, 0.2) is 16.5 Å². The van der Waals surface area contributed by atoms with Crippen molar-refractivity contribution in [1.82, 2.24) is 9.97 Å². The van der Waals surface area contributed by atoms with E-state index in [1.54, 1.807) is 12.1 Å². The molecule has 0 fully saturated rings. The molecule has 0 amide bonds. The summed E-state index contributed by atoms with van der Waals surface area (Å²) >= 11 is 5.79. The molecule has 5 nitrogen and oxygen atoms in total. The summed E-state index contributed by atoms with van der Waals surface area (Å²) in [5.41, 5.74) is 7.10. The van der Waals surface area contributed by atoms with Crippen molar-refractivity contribution in [2.75, 3.05) is 11.1 Å². The number of nitrogens with zero attached hydrogens (tertiary/aromatic N) is 2. The van der Waals surface area contributed by atoms with Gasteiger partial charge in [-0.05, 0) is 19.9 Å². The van der Waals surface area contributed by atoms with Gasteiger partial charge in [0.15, 0.2) is 0 Å². The Bertz CT molecular complexity index is 499. The van der Waals surface area contributed by atoms with E-state index < -0.39 is 0 Å². The second-order valence-electron chi connectivity index (χ2n) is 3.71. The average molecular weight is 253 g/mol. The highest BCUT2D eigenvalue weighted by atomic mass is 35.5. The number of rotatable bonds is 3. The molecule has 0 saturated carbocycles. The van der Waals surface area contributed by atoms with Crippen molar-refractivity contribution < 1.29 is 4.42 Å². The van der Waals surface area contributed by atoms with E-state index in [0.29, 0.717) is 29.1 Å². The molecule has 0 saturated heterocycles. The number of aryl methyl sites for hydroxylation is 2. The Morgan fingerprint density at radius 1 is 1.35 bits per heavy atom. The van der Waals surface area contributed by atoms with Crippen LogP contribution >= 0.6 is 11.6 Å². The van der Waals surface area contributed by atoms with E-state index >= 15 is 0 Å². The SMILES string of the molecule is Cc1nc(CNc2cc(N)cc(Cl)n2)oc1C. The van der Waals surface area contributed by atoms with Crippen LogP contribution < -0.4 is 11.1 Å². The van der Waals surface area contributed by atoms with Gasteiger partial charge in [-0.2, -0.15) is 0 Å². The number of aromatic nitrogens is 2. The number of nitrogen functional groups attached to an aromatic ring is 1. The Morgan fingerprint density at radius 3 is 2.71 bits per heavy atom. The molecule has 0 radical (unpaired) electrons. The second-order valence-corrected chi connectivity index (χ2v) is 4.10. The van der Waals surface area contributed by atoms with Crippen molar-refractivity contribution in [2.24, 2.45) is 0 Å². The Kier molecular flexibility index (Phi) is 3.19. The summed E-state index contributed by atoms with van der Waals surface area (Å²) in [5, 5.41) is 3.41. The molecule has 0 unspecified atom stereocenters. The van der Waals surface area contributed by atoms with Crippen LogP contribution in [-0.4, -0.2) is 9.97 Å². The van der Waals surface area contributed by atoms with Crippen LogP contribution in [0.4, 0.5) is 11.5 Å². The number of anilines is 2. The lowest BCUT2D eigenvalue weighted by molar-refractivity contribution is 0.478. The smallest absolute Gasteiger partial charge is 0.213 e. The number of nitrogens with two attached hydrogens (primary N) is 1. The van der Waals surface area contributed by atoms with Gasteiger partial charge in [-0.15, -0.1) is 0 Å². The van der Waals surface area contributed by atoms with Gasteiger partial charge in [0.25, 0.3) is 0 Å². The zero-order chi connectivity index (χ0) is 12.4. The van der Waals surface area contributed by atoms with E-state index in [0.717, 1.165) is 11.5 Å². The third-order valence-electron chi connectivity index (χ3n) is 2.31. The molecular weight excluding hydrogens is 240 g/mol. The molecule has 0 bridgehead atoms. The summed E-state index contributed by atoms with van der Waals surface area (Å²) in [5.74, 6) is 2.03. The summed E-state index contributed by atoms with van der Waals surface area (Å²) in [6, 6.07) is 3.29. The summed E-state index contributed by atoms with van der Waals surface area (Å²) in [7, 11) is 0. The van der Waals surface area contributed by atoms with Gasteiger partial charge in [0.05, 0.1) is 12.2 Å². The topological polar surface area (TPSA) is 77.0 Å². The monoisotopic (exact) mass is 252 g/mol. The molecule has 2 aromatic heterocycles. The third kappa shape index (κ3) is 2.88. The Hall–Kier alpha value is -1.75. The molecular formula is C11H13ClN4O. The average Bonchev–Trinajstić information content (AvgIpc) is 2.54. The molecule has 0 aliphatic rings. The van der Waals surface area contributed by atoms with Gasteiger partial charge in [0, 0.05) is 11.8 Å². The number of hydrogen-bond donors (Lipinski definition) is 2. The number of hydrogen-bond acceptors (Lipinski definition) is 5. The summed E-state index contributed by atoms with van der Waals surface area (Å²) in [4.78, 5) is 8.33. The highest BCUT2D eigenvalue weighted by Crippen LogP contribution is 2.17. The van der Waals surface area contributed by atoms with Crippen molar-refractivity contribution in [3.8, 4) is 0 Å². The minimum absolute atomic E-state index is 0.354. The van der Waals surface area contributed by atoms with Crippen LogP contribution in [-0.2, 0) is 6.54 Å². The van der Waals surface area contributed by atoms with Crippen molar-refractivity contribution in [1.29, 1.82) is 0 Å². The normalized spacial score (nSPS) is 10.5. The van der Waals surface area contributed by atoms with E-state index in [2.05, 4.69) is 15.3 Å². The first-order valence-corrected chi connectivity index (χ1v) is 5.52. The van der Waals surface area contributed by atoms with Gasteiger partial charge < -0.3 is 15.5 Å². The molecule has 90 valence electrons. The fraction of sp³-hybridized carbons (Fsp3) is 0.273. The van der Waals surface area contributed by atoms with E-state index in [9.17, 15) is 0 Å². The fourth-order valence-electron chi connectivity index (χ4n) is 1.39. The predicted octanol–water partition coefficient (Wildman–Crippen LogP) is 2.53. The minimum Gasteiger partial charge on any atom is -0.444 e. The minimum atomic E-state index is 0.354. The van der Waals surface area contributed by atoms with Gasteiger partial charge in [-0.25, -0.2) is 9.97 Å². The van der Waals surface area contributed by atoms with Crippen LogP contribution in [0, 0.1) is 13.8 Å². The molecule has 0 spiro atoms. The molecule has 17 heavy (non-hydrogen) atoms. The first-order chi connectivity index (χ1) is 8.04. The third-order valence-corrected chi connectivity index (χ3v) is 2.50. The highest BCUT2D eigenvalue weighted by molar-refractivity contribution is 6.29. The van der Waals surface area contributed by atoms with E-state index in [1.165, 1.54) is 0 Å². The molecule has 3 N–H and O–H groups in total. The molecule has 0 aliphatic carbocycles. The fourth-order valence-corrected chi connectivity index (χ4v) is 1.61. The predicted molar refractivity (Wildman–Crippen MR) is 67.0 cm³/mol. The lowest BCUT2D eigenvalue weighted by Gasteiger charge is -2.04. The van der Waals surface area contributed by atoms with Crippen LogP contribution in [0.25, 0.3) is 0 Å². The first-order valence-electron chi connectivity index (χ1n) is 5.14.